The zero-order valence-corrected chi connectivity index (χ0v) is 13.9. The predicted molar refractivity (Wildman–Crippen MR) is 93.0 cm³/mol. The van der Waals surface area contributed by atoms with Crippen molar-refractivity contribution in [3.8, 4) is 17.6 Å². The Kier molecular flexibility index (Phi) is 3.30. The number of hydrogen-bond acceptors (Lipinski definition) is 5. The molecular weight excluding hydrogens is 314 g/mol. The van der Waals surface area contributed by atoms with Gasteiger partial charge in [-0.05, 0) is 42.9 Å². The molecule has 0 saturated heterocycles. The van der Waals surface area contributed by atoms with Crippen molar-refractivity contribution in [3.63, 3.8) is 0 Å². The van der Waals surface area contributed by atoms with Crippen molar-refractivity contribution in [1.29, 1.82) is 5.26 Å². The van der Waals surface area contributed by atoms with Crippen molar-refractivity contribution in [2.24, 2.45) is 0 Å². The molecule has 1 fully saturated rings. The lowest BCUT2D eigenvalue weighted by molar-refractivity contribution is 0.170. The fourth-order valence-electron chi connectivity index (χ4n) is 4.38. The van der Waals surface area contributed by atoms with Crippen molar-refractivity contribution >= 4 is 5.82 Å². The number of nitriles is 1. The number of ether oxygens (including phenoxy) is 2. The van der Waals surface area contributed by atoms with E-state index in [1.807, 2.05) is 18.2 Å². The summed E-state index contributed by atoms with van der Waals surface area (Å²) in [6, 6.07) is 10.3. The lowest BCUT2D eigenvalue weighted by Crippen LogP contribution is -2.17. The Morgan fingerprint density at radius 3 is 3.00 bits per heavy atom. The molecule has 2 aliphatic carbocycles. The molecule has 1 aliphatic heterocycles. The molecule has 2 bridgehead atoms. The summed E-state index contributed by atoms with van der Waals surface area (Å²) in [4.78, 5) is 4.83. The minimum Gasteiger partial charge on any atom is -0.486 e. The van der Waals surface area contributed by atoms with Crippen molar-refractivity contribution in [2.75, 3.05) is 18.5 Å². The summed E-state index contributed by atoms with van der Waals surface area (Å²) in [7, 11) is 0. The predicted octanol–water partition coefficient (Wildman–Crippen LogP) is 3.70. The van der Waals surface area contributed by atoms with Crippen LogP contribution in [-0.2, 0) is 6.54 Å². The molecule has 2 atom stereocenters. The number of nitrogens with one attached hydrogen (secondary N) is 1. The summed E-state index contributed by atoms with van der Waals surface area (Å²) >= 11 is 0. The minimum atomic E-state index is 0.557. The van der Waals surface area contributed by atoms with Crippen LogP contribution in [0.2, 0.25) is 0 Å². The summed E-state index contributed by atoms with van der Waals surface area (Å²) in [6.45, 7) is 1.70. The van der Waals surface area contributed by atoms with Crippen LogP contribution in [-0.4, -0.2) is 18.2 Å². The van der Waals surface area contributed by atoms with Gasteiger partial charge in [-0.25, -0.2) is 4.98 Å². The number of nitrogens with zero attached hydrogens (tertiary/aromatic N) is 2. The van der Waals surface area contributed by atoms with Crippen LogP contribution in [0.15, 0.2) is 24.3 Å². The number of pyridine rings is 1. The van der Waals surface area contributed by atoms with Crippen LogP contribution in [0.25, 0.3) is 0 Å². The molecule has 1 N–H and O–H groups in total. The van der Waals surface area contributed by atoms with Crippen molar-refractivity contribution in [2.45, 2.75) is 37.6 Å². The minimum absolute atomic E-state index is 0.557. The van der Waals surface area contributed by atoms with Crippen molar-refractivity contribution < 1.29 is 9.47 Å². The van der Waals surface area contributed by atoms with Gasteiger partial charge in [0.15, 0.2) is 11.5 Å². The van der Waals surface area contributed by atoms with Crippen LogP contribution in [0.3, 0.4) is 0 Å². The van der Waals surface area contributed by atoms with E-state index >= 15 is 0 Å². The third kappa shape index (κ3) is 2.32. The third-order valence-corrected chi connectivity index (χ3v) is 5.56. The van der Waals surface area contributed by atoms with Gasteiger partial charge in [-0.1, -0.05) is 12.1 Å². The molecule has 2 aromatic rings. The van der Waals surface area contributed by atoms with Crippen LogP contribution >= 0.6 is 0 Å². The molecule has 2 unspecified atom stereocenters. The van der Waals surface area contributed by atoms with Gasteiger partial charge in [0.2, 0.25) is 0 Å². The molecule has 1 aromatic carbocycles. The molecule has 5 heteroatoms. The van der Waals surface area contributed by atoms with E-state index in [0.29, 0.717) is 43.0 Å². The van der Waals surface area contributed by atoms with Gasteiger partial charge in [-0.15, -0.1) is 0 Å². The number of fused-ring (bicyclic) bond motifs is 6. The van der Waals surface area contributed by atoms with E-state index in [9.17, 15) is 5.26 Å². The highest BCUT2D eigenvalue weighted by Gasteiger charge is 2.38. The second kappa shape index (κ2) is 5.66. The third-order valence-electron chi connectivity index (χ3n) is 5.56. The molecule has 2 heterocycles. The second-order valence-corrected chi connectivity index (χ2v) is 6.97. The highest BCUT2D eigenvalue weighted by molar-refractivity contribution is 5.58. The van der Waals surface area contributed by atoms with Gasteiger partial charge in [-0.2, -0.15) is 5.26 Å². The van der Waals surface area contributed by atoms with E-state index in [0.717, 1.165) is 17.1 Å². The maximum atomic E-state index is 9.53. The Morgan fingerprint density at radius 1 is 1.20 bits per heavy atom. The van der Waals surface area contributed by atoms with Gasteiger partial charge in [0.25, 0.3) is 0 Å². The number of anilines is 1. The Hall–Kier alpha value is -2.74. The van der Waals surface area contributed by atoms with Crippen LogP contribution in [0.4, 0.5) is 5.82 Å². The Balaban J connectivity index is 1.44. The van der Waals surface area contributed by atoms with Gasteiger partial charge in [0.05, 0.1) is 5.56 Å². The van der Waals surface area contributed by atoms with E-state index in [1.165, 1.54) is 30.5 Å². The van der Waals surface area contributed by atoms with Gasteiger partial charge >= 0.3 is 0 Å². The fourth-order valence-corrected chi connectivity index (χ4v) is 4.38. The summed E-state index contributed by atoms with van der Waals surface area (Å²) in [5.41, 5.74) is 4.15. The Labute approximate surface area is 146 Å². The zero-order valence-electron chi connectivity index (χ0n) is 13.9. The number of para-hydroxylation sites is 1. The first-order valence-corrected chi connectivity index (χ1v) is 8.90. The van der Waals surface area contributed by atoms with E-state index in [-0.39, 0.29) is 0 Å². The second-order valence-electron chi connectivity index (χ2n) is 6.97. The van der Waals surface area contributed by atoms with Crippen molar-refractivity contribution in [3.05, 3.63) is 46.6 Å². The summed E-state index contributed by atoms with van der Waals surface area (Å²) in [5.74, 6) is 3.45. The molecule has 1 aromatic heterocycles. The smallest absolute Gasteiger partial charge is 0.166 e. The van der Waals surface area contributed by atoms with Crippen LogP contribution in [0, 0.1) is 11.3 Å². The van der Waals surface area contributed by atoms with Gasteiger partial charge < -0.3 is 14.8 Å². The van der Waals surface area contributed by atoms with E-state index in [1.54, 1.807) is 0 Å². The van der Waals surface area contributed by atoms with Crippen molar-refractivity contribution in [1.82, 2.24) is 4.98 Å². The molecule has 25 heavy (non-hydrogen) atoms. The highest BCUT2D eigenvalue weighted by Crippen LogP contribution is 2.52. The largest absolute Gasteiger partial charge is 0.486 e. The Bertz CT molecular complexity index is 887. The lowest BCUT2D eigenvalue weighted by Gasteiger charge is -2.21. The number of benzene rings is 1. The molecule has 1 saturated carbocycles. The van der Waals surface area contributed by atoms with E-state index < -0.39 is 0 Å². The van der Waals surface area contributed by atoms with Crippen LogP contribution < -0.4 is 14.8 Å². The summed E-state index contributed by atoms with van der Waals surface area (Å²) < 4.78 is 11.4. The molecule has 3 aliphatic rings. The number of hydrogen-bond donors (Lipinski definition) is 1. The average molecular weight is 333 g/mol. The normalized spacial score (nSPS) is 22.4. The monoisotopic (exact) mass is 333 g/mol. The first-order chi connectivity index (χ1) is 12.3. The first-order valence-electron chi connectivity index (χ1n) is 8.90. The molecule has 0 amide bonds. The standard InChI is InChI=1S/C20H19N3O2/c21-10-15-9-16-12-4-5-13(8-12)18(16)23-20(15)22-11-14-2-1-3-17-19(14)25-7-6-24-17/h1-3,9,12-13H,4-8,11H2,(H,22,23). The topological polar surface area (TPSA) is 67.2 Å². The Morgan fingerprint density at radius 2 is 2.08 bits per heavy atom. The van der Waals surface area contributed by atoms with Gasteiger partial charge in [0, 0.05) is 23.7 Å². The first kappa shape index (κ1) is 14.6. The summed E-state index contributed by atoms with van der Waals surface area (Å²) in [6.07, 6.45) is 3.67. The highest BCUT2D eigenvalue weighted by atomic mass is 16.6. The molecule has 126 valence electrons. The van der Waals surface area contributed by atoms with Crippen LogP contribution in [0.1, 0.15) is 53.5 Å². The van der Waals surface area contributed by atoms with Crippen LogP contribution in [0.5, 0.6) is 11.5 Å². The molecule has 5 rings (SSSR count). The average Bonchev–Trinajstić information content (AvgIpc) is 3.27. The lowest BCUT2D eigenvalue weighted by atomic mass is 9.95. The molecule has 0 spiro atoms. The molecular formula is C20H19N3O2. The van der Waals surface area contributed by atoms with E-state index in [4.69, 9.17) is 14.5 Å². The maximum Gasteiger partial charge on any atom is 0.166 e. The maximum absolute atomic E-state index is 9.53. The SMILES string of the molecule is N#Cc1cc2c(nc1NCc1cccc3c1OCCO3)C1CCC2C1. The fraction of sp³-hybridized carbons (Fsp3) is 0.400. The van der Waals surface area contributed by atoms with Gasteiger partial charge in [-0.3, -0.25) is 0 Å². The molecule has 5 nitrogen and oxygen atoms in total. The molecule has 0 radical (unpaired) electrons. The quantitative estimate of drug-likeness (QED) is 0.927. The number of aromatic nitrogens is 1. The van der Waals surface area contributed by atoms with Gasteiger partial charge in [0.1, 0.15) is 25.1 Å². The number of rotatable bonds is 3. The zero-order chi connectivity index (χ0) is 16.8. The van der Waals surface area contributed by atoms with E-state index in [2.05, 4.69) is 17.5 Å². The summed E-state index contributed by atoms with van der Waals surface area (Å²) in [5, 5.41) is 12.9.